The second kappa shape index (κ2) is 6.91. The fourth-order valence-electron chi connectivity index (χ4n) is 1.63. The summed E-state index contributed by atoms with van der Waals surface area (Å²) in [6.45, 7) is 2.09. The Kier molecular flexibility index (Phi) is 5.21. The maximum atomic E-state index is 11.9. The van der Waals surface area contributed by atoms with Crippen LogP contribution in [0.4, 0.5) is 0 Å². The van der Waals surface area contributed by atoms with E-state index in [0.717, 1.165) is 23.0 Å². The Bertz CT molecular complexity index is 572. The number of tetrazole rings is 1. The zero-order valence-electron chi connectivity index (χ0n) is 10.6. The largest absolute Gasteiger partial charge is 0.259 e. The number of hydrogen-bond donors (Lipinski definition) is 0. The van der Waals surface area contributed by atoms with Crippen molar-refractivity contribution < 1.29 is 4.21 Å². The minimum absolute atomic E-state index is 0.383. The van der Waals surface area contributed by atoms with Crippen LogP contribution < -0.4 is 0 Å². The highest BCUT2D eigenvalue weighted by Crippen LogP contribution is 2.20. The lowest BCUT2D eigenvalue weighted by Gasteiger charge is -2.06. The average molecular weight is 343 g/mol. The van der Waals surface area contributed by atoms with E-state index < -0.39 is 10.8 Å². The topological polar surface area (TPSA) is 60.7 Å². The van der Waals surface area contributed by atoms with Crippen LogP contribution in [0.25, 0.3) is 5.69 Å². The first-order chi connectivity index (χ1) is 9.22. The highest BCUT2D eigenvalue weighted by Gasteiger charge is 2.13. The van der Waals surface area contributed by atoms with Crippen molar-refractivity contribution in [3.05, 3.63) is 34.6 Å². The standard InChI is InChI=1S/C12H15BrN4OS/c1-2-3-8-19(18)9-12-14-15-16-17(12)11-7-5-4-6-10(11)13/h4-7H,2-3,8-9H2,1H3/t19-/m0/s1. The Morgan fingerprint density at radius 2 is 2.16 bits per heavy atom. The Morgan fingerprint density at radius 1 is 1.37 bits per heavy atom. The summed E-state index contributed by atoms with van der Waals surface area (Å²) >= 11 is 3.47. The zero-order valence-corrected chi connectivity index (χ0v) is 13.0. The molecule has 0 aliphatic carbocycles. The average Bonchev–Trinajstić information content (AvgIpc) is 2.85. The van der Waals surface area contributed by atoms with Gasteiger partial charge in [-0.3, -0.25) is 4.21 Å². The van der Waals surface area contributed by atoms with E-state index in [0.29, 0.717) is 17.3 Å². The number of unbranched alkanes of at least 4 members (excludes halogenated alkanes) is 1. The first-order valence-electron chi connectivity index (χ1n) is 6.09. The lowest BCUT2D eigenvalue weighted by Crippen LogP contribution is -2.09. The number of nitrogens with zero attached hydrogens (tertiary/aromatic N) is 4. The molecule has 0 unspecified atom stereocenters. The van der Waals surface area contributed by atoms with E-state index in [1.165, 1.54) is 0 Å². The molecule has 2 aromatic rings. The second-order valence-corrected chi connectivity index (χ2v) is 6.53. The summed E-state index contributed by atoms with van der Waals surface area (Å²) in [6, 6.07) is 7.68. The molecule has 2 rings (SSSR count). The Balaban J connectivity index is 2.19. The predicted molar refractivity (Wildman–Crippen MR) is 78.5 cm³/mol. The van der Waals surface area contributed by atoms with Gasteiger partial charge in [-0.25, -0.2) is 0 Å². The van der Waals surface area contributed by atoms with Gasteiger partial charge in [-0.05, 0) is 44.9 Å². The van der Waals surface area contributed by atoms with Crippen molar-refractivity contribution in [3.8, 4) is 5.69 Å². The summed E-state index contributed by atoms with van der Waals surface area (Å²) in [5, 5.41) is 11.6. The van der Waals surface area contributed by atoms with E-state index in [1.54, 1.807) is 4.68 Å². The van der Waals surface area contributed by atoms with Gasteiger partial charge in [-0.2, -0.15) is 4.68 Å². The molecule has 0 N–H and O–H groups in total. The Labute approximate surface area is 123 Å². The molecule has 1 aromatic heterocycles. The summed E-state index contributed by atoms with van der Waals surface area (Å²) in [4.78, 5) is 0. The molecule has 0 fully saturated rings. The molecule has 0 saturated carbocycles. The van der Waals surface area contributed by atoms with Crippen LogP contribution in [0, 0.1) is 0 Å². The normalized spacial score (nSPS) is 12.5. The van der Waals surface area contributed by atoms with Gasteiger partial charge in [-0.1, -0.05) is 25.5 Å². The van der Waals surface area contributed by atoms with Gasteiger partial charge in [0.15, 0.2) is 5.82 Å². The van der Waals surface area contributed by atoms with Gasteiger partial charge in [0.1, 0.15) is 0 Å². The van der Waals surface area contributed by atoms with Crippen LogP contribution in [-0.2, 0) is 16.6 Å². The molecule has 19 heavy (non-hydrogen) atoms. The highest BCUT2D eigenvalue weighted by atomic mass is 79.9. The molecule has 102 valence electrons. The van der Waals surface area contributed by atoms with Crippen LogP contribution in [-0.4, -0.2) is 30.2 Å². The number of para-hydroxylation sites is 1. The summed E-state index contributed by atoms with van der Waals surface area (Å²) in [5.41, 5.74) is 0.856. The number of halogens is 1. The van der Waals surface area contributed by atoms with E-state index in [9.17, 15) is 4.21 Å². The van der Waals surface area contributed by atoms with E-state index >= 15 is 0 Å². The number of aromatic nitrogens is 4. The van der Waals surface area contributed by atoms with Crippen LogP contribution in [0.1, 0.15) is 25.6 Å². The van der Waals surface area contributed by atoms with Crippen molar-refractivity contribution in [1.82, 2.24) is 20.2 Å². The van der Waals surface area contributed by atoms with Crippen molar-refractivity contribution >= 4 is 26.7 Å². The van der Waals surface area contributed by atoms with E-state index in [-0.39, 0.29) is 0 Å². The first kappa shape index (κ1) is 14.3. The Hall–Kier alpha value is -1.08. The molecular formula is C12H15BrN4OS. The van der Waals surface area contributed by atoms with Crippen molar-refractivity contribution in [1.29, 1.82) is 0 Å². The molecule has 0 aliphatic heterocycles. The van der Waals surface area contributed by atoms with Gasteiger partial charge in [0.05, 0.1) is 11.4 Å². The smallest absolute Gasteiger partial charge is 0.169 e. The van der Waals surface area contributed by atoms with Crippen LogP contribution >= 0.6 is 15.9 Å². The fourth-order valence-corrected chi connectivity index (χ4v) is 3.30. The molecule has 1 aromatic carbocycles. The van der Waals surface area contributed by atoms with Gasteiger partial charge >= 0.3 is 0 Å². The van der Waals surface area contributed by atoms with Crippen molar-refractivity contribution in [2.75, 3.05) is 5.75 Å². The second-order valence-electron chi connectivity index (χ2n) is 4.10. The van der Waals surface area contributed by atoms with Crippen molar-refractivity contribution in [2.45, 2.75) is 25.5 Å². The van der Waals surface area contributed by atoms with Crippen molar-refractivity contribution in [3.63, 3.8) is 0 Å². The van der Waals surface area contributed by atoms with E-state index in [2.05, 4.69) is 38.4 Å². The minimum Gasteiger partial charge on any atom is -0.259 e. The Morgan fingerprint density at radius 3 is 2.89 bits per heavy atom. The summed E-state index contributed by atoms with van der Waals surface area (Å²) in [6.07, 6.45) is 2.00. The minimum atomic E-state index is -0.919. The SMILES string of the molecule is CCCC[S@](=O)Cc1nnnn1-c1ccccc1Br. The molecule has 0 saturated heterocycles. The predicted octanol–water partition coefficient (Wildman–Crippen LogP) is 2.47. The molecular weight excluding hydrogens is 328 g/mol. The lowest BCUT2D eigenvalue weighted by molar-refractivity contribution is 0.676. The monoisotopic (exact) mass is 342 g/mol. The molecule has 5 nitrogen and oxygen atoms in total. The number of hydrogen-bond acceptors (Lipinski definition) is 4. The van der Waals surface area contributed by atoms with Crippen molar-refractivity contribution in [2.24, 2.45) is 0 Å². The van der Waals surface area contributed by atoms with Gasteiger partial charge in [-0.15, -0.1) is 5.10 Å². The zero-order chi connectivity index (χ0) is 13.7. The first-order valence-corrected chi connectivity index (χ1v) is 8.37. The maximum absolute atomic E-state index is 11.9. The molecule has 1 atom stereocenters. The quantitative estimate of drug-likeness (QED) is 0.808. The summed E-state index contributed by atoms with van der Waals surface area (Å²) in [5.74, 6) is 1.70. The maximum Gasteiger partial charge on any atom is 0.169 e. The van der Waals surface area contributed by atoms with Gasteiger partial charge in [0.25, 0.3) is 0 Å². The fraction of sp³-hybridized carbons (Fsp3) is 0.417. The molecule has 0 amide bonds. The third-order valence-electron chi connectivity index (χ3n) is 2.63. The van der Waals surface area contributed by atoms with Crippen LogP contribution in [0.15, 0.2) is 28.7 Å². The number of rotatable bonds is 6. The van der Waals surface area contributed by atoms with E-state index in [4.69, 9.17) is 0 Å². The molecule has 0 spiro atoms. The van der Waals surface area contributed by atoms with Crippen LogP contribution in [0.5, 0.6) is 0 Å². The summed E-state index contributed by atoms with van der Waals surface area (Å²) < 4.78 is 14.5. The van der Waals surface area contributed by atoms with Gasteiger partial charge in [0, 0.05) is 21.0 Å². The lowest BCUT2D eigenvalue weighted by atomic mass is 10.3. The van der Waals surface area contributed by atoms with Gasteiger partial charge in [0.2, 0.25) is 0 Å². The molecule has 0 aliphatic rings. The molecule has 1 heterocycles. The van der Waals surface area contributed by atoms with Crippen LogP contribution in [0.2, 0.25) is 0 Å². The van der Waals surface area contributed by atoms with E-state index in [1.807, 2.05) is 24.3 Å². The third kappa shape index (κ3) is 3.70. The highest BCUT2D eigenvalue weighted by molar-refractivity contribution is 9.10. The third-order valence-corrected chi connectivity index (χ3v) is 4.63. The molecule has 0 bridgehead atoms. The molecule has 0 radical (unpaired) electrons. The van der Waals surface area contributed by atoms with Gasteiger partial charge < -0.3 is 0 Å². The van der Waals surface area contributed by atoms with Crippen LogP contribution in [0.3, 0.4) is 0 Å². The molecule has 7 heteroatoms. The summed E-state index contributed by atoms with van der Waals surface area (Å²) in [7, 11) is -0.919. The number of benzene rings is 1.